The largest absolute Gasteiger partial charge is 0.378 e. The van der Waals surface area contributed by atoms with E-state index >= 15 is 0 Å². The first-order valence-electron chi connectivity index (χ1n) is 11.2. The maximum absolute atomic E-state index is 13.9. The highest BCUT2D eigenvalue weighted by Gasteiger charge is 2.51. The maximum atomic E-state index is 13.9. The van der Waals surface area contributed by atoms with Crippen LogP contribution in [0.15, 0.2) is 72.8 Å². The topological polar surface area (TPSA) is 40.6 Å². The molecule has 176 valence electrons. The minimum atomic E-state index is -0.211. The van der Waals surface area contributed by atoms with E-state index in [9.17, 15) is 9.59 Å². The van der Waals surface area contributed by atoms with Crippen molar-refractivity contribution in [3.8, 4) is 0 Å². The highest BCUT2D eigenvalue weighted by Crippen LogP contribution is 2.49. The van der Waals surface area contributed by atoms with E-state index in [0.717, 1.165) is 22.6 Å². The summed E-state index contributed by atoms with van der Waals surface area (Å²) in [7, 11) is 3.94. The second-order valence-corrected chi connectivity index (χ2v) is 10.5. The lowest BCUT2D eigenvalue weighted by Crippen LogP contribution is -2.56. The van der Waals surface area contributed by atoms with Crippen molar-refractivity contribution < 1.29 is 9.59 Å². The van der Waals surface area contributed by atoms with E-state index in [2.05, 4.69) is 16.1 Å². The number of amides is 2. The Balaban J connectivity index is 1.79. The molecule has 0 saturated heterocycles. The zero-order valence-corrected chi connectivity index (χ0v) is 22.0. The average molecular weight is 542 g/mol. The Bertz CT molecular complexity index is 1210. The predicted octanol–water partition coefficient (Wildman–Crippen LogP) is 6.75. The van der Waals surface area contributed by atoms with Gasteiger partial charge in [0, 0.05) is 55.5 Å². The third-order valence-corrected chi connectivity index (χ3v) is 8.16. The molecule has 0 saturated carbocycles. The summed E-state index contributed by atoms with van der Waals surface area (Å²) in [4.78, 5) is 30.6. The van der Waals surface area contributed by atoms with Crippen molar-refractivity contribution in [1.82, 2.24) is 3.51 Å². The van der Waals surface area contributed by atoms with Crippen LogP contribution in [0.1, 0.15) is 42.2 Å². The second kappa shape index (κ2) is 9.53. The highest BCUT2D eigenvalue weighted by molar-refractivity contribution is 9.09. The first kappa shape index (κ1) is 24.5. The number of para-hydroxylation sites is 1. The minimum Gasteiger partial charge on any atom is -0.378 e. The molecule has 0 spiro atoms. The Morgan fingerprint density at radius 2 is 1.53 bits per heavy atom. The lowest BCUT2D eigenvalue weighted by molar-refractivity contribution is -0.117. The van der Waals surface area contributed by atoms with E-state index in [-0.39, 0.29) is 27.4 Å². The molecule has 0 fully saturated rings. The monoisotopic (exact) mass is 540 g/mol. The SMILES string of the molecule is CC(=O)N(c1ccc(Cl)cc1)C1C[C@H](C)[N@+](Br)(C(=O)c2ccc(N(C)C)cc2)c2ccccc21. The molecule has 0 radical (unpaired) electrons. The number of anilines is 2. The minimum absolute atomic E-state index is 0.0344. The van der Waals surface area contributed by atoms with Crippen molar-refractivity contribution in [1.29, 1.82) is 0 Å². The van der Waals surface area contributed by atoms with Gasteiger partial charge in [-0.1, -0.05) is 29.8 Å². The van der Waals surface area contributed by atoms with Crippen LogP contribution in [0.4, 0.5) is 17.1 Å². The Hall–Kier alpha value is -2.67. The fourth-order valence-corrected chi connectivity index (χ4v) is 5.55. The van der Waals surface area contributed by atoms with Gasteiger partial charge in [0.15, 0.2) is 5.69 Å². The van der Waals surface area contributed by atoms with Gasteiger partial charge in [-0.25, -0.2) is 4.79 Å². The molecular formula is C27H28BrClN3O2+. The van der Waals surface area contributed by atoms with E-state index in [1.807, 2.05) is 86.6 Å². The summed E-state index contributed by atoms with van der Waals surface area (Å²) in [5.74, 6) is -0.0981. The van der Waals surface area contributed by atoms with Crippen LogP contribution in [0.2, 0.25) is 5.02 Å². The lowest BCUT2D eigenvalue weighted by atomic mass is 9.89. The van der Waals surface area contributed by atoms with Gasteiger partial charge in [0.1, 0.15) is 6.04 Å². The fourth-order valence-electron chi connectivity index (χ4n) is 4.73. The van der Waals surface area contributed by atoms with Crippen LogP contribution in [-0.2, 0) is 4.79 Å². The number of carbonyl (C=O) groups is 2. The van der Waals surface area contributed by atoms with Crippen LogP contribution in [0.3, 0.4) is 0 Å². The number of fused-ring (bicyclic) bond motifs is 1. The van der Waals surface area contributed by atoms with Crippen LogP contribution < -0.4 is 13.3 Å². The Labute approximate surface area is 214 Å². The highest BCUT2D eigenvalue weighted by atomic mass is 79.9. The number of benzene rings is 3. The van der Waals surface area contributed by atoms with E-state index in [1.165, 1.54) is 0 Å². The standard InChI is InChI=1S/C27H28BrClN3O2/c1-18-17-25(31(19(2)33)23-15-11-21(29)12-16-23)24-7-5-6-8-26(24)32(18,28)27(34)20-9-13-22(14-10-20)30(3)4/h5-16,18,25H,17H2,1-4H3/q+1/t18-,25?,32+/m0/s1. The van der Waals surface area contributed by atoms with Crippen molar-refractivity contribution in [3.63, 3.8) is 0 Å². The molecule has 1 aliphatic heterocycles. The first-order chi connectivity index (χ1) is 16.1. The summed E-state index contributed by atoms with van der Waals surface area (Å²) >= 11 is 9.94. The summed E-state index contributed by atoms with van der Waals surface area (Å²) in [6.45, 7) is 3.62. The number of hydrogen-bond acceptors (Lipinski definition) is 3. The van der Waals surface area contributed by atoms with Crippen LogP contribution in [0, 0.1) is 0 Å². The summed E-state index contributed by atoms with van der Waals surface area (Å²) in [6, 6.07) is 22.5. The van der Waals surface area contributed by atoms with Crippen molar-refractivity contribution in [2.45, 2.75) is 32.4 Å². The van der Waals surface area contributed by atoms with Crippen LogP contribution in [-0.4, -0.2) is 32.0 Å². The number of halogens is 2. The molecule has 1 aliphatic rings. The number of quaternary nitrogens is 1. The molecule has 0 bridgehead atoms. The van der Waals surface area contributed by atoms with Gasteiger partial charge in [0.05, 0.1) is 11.6 Å². The molecular weight excluding hydrogens is 514 g/mol. The van der Waals surface area contributed by atoms with E-state index in [1.54, 1.807) is 24.0 Å². The Morgan fingerprint density at radius 1 is 0.941 bits per heavy atom. The summed E-state index contributed by atoms with van der Waals surface area (Å²) in [5.41, 5.74) is 4.23. The third-order valence-electron chi connectivity index (χ3n) is 6.50. The molecule has 0 N–H and O–H groups in total. The molecule has 0 aliphatic carbocycles. The number of carbonyl (C=O) groups excluding carboxylic acids is 2. The van der Waals surface area contributed by atoms with E-state index < -0.39 is 0 Å². The van der Waals surface area contributed by atoms with Gasteiger partial charge in [0.25, 0.3) is 0 Å². The fraction of sp³-hybridized carbons (Fsp3) is 0.259. The number of nitrogens with zero attached hydrogens (tertiary/aromatic N) is 3. The summed E-state index contributed by atoms with van der Waals surface area (Å²) in [5, 5.41) is 0.617. The van der Waals surface area contributed by atoms with Gasteiger partial charge in [-0.3, -0.25) is 4.79 Å². The molecule has 3 atom stereocenters. The van der Waals surface area contributed by atoms with Crippen LogP contribution in [0.5, 0.6) is 0 Å². The zero-order valence-electron chi connectivity index (χ0n) is 19.7. The van der Waals surface area contributed by atoms with Crippen molar-refractivity contribution >= 4 is 56.6 Å². The Morgan fingerprint density at radius 3 is 2.12 bits per heavy atom. The molecule has 5 nitrogen and oxygen atoms in total. The van der Waals surface area contributed by atoms with Crippen molar-refractivity contribution in [2.75, 3.05) is 23.9 Å². The van der Waals surface area contributed by atoms with Crippen molar-refractivity contribution in [2.24, 2.45) is 0 Å². The maximum Gasteiger partial charge on any atom is 0.361 e. The molecule has 2 amide bonds. The van der Waals surface area contributed by atoms with E-state index in [4.69, 9.17) is 11.6 Å². The Kier molecular flexibility index (Phi) is 6.85. The van der Waals surface area contributed by atoms with Gasteiger partial charge in [0.2, 0.25) is 22.1 Å². The van der Waals surface area contributed by atoms with Gasteiger partial charge < -0.3 is 9.80 Å². The molecule has 34 heavy (non-hydrogen) atoms. The second-order valence-electron chi connectivity index (χ2n) is 8.91. The molecule has 3 aromatic carbocycles. The summed E-state index contributed by atoms with van der Waals surface area (Å²) < 4.78 is -0.0344. The summed E-state index contributed by atoms with van der Waals surface area (Å²) in [6.07, 6.45) is 0.603. The van der Waals surface area contributed by atoms with Gasteiger partial charge in [-0.15, -0.1) is 0 Å². The molecule has 4 rings (SSSR count). The van der Waals surface area contributed by atoms with Crippen LogP contribution in [0.25, 0.3) is 0 Å². The quantitative estimate of drug-likeness (QED) is 0.343. The first-order valence-corrected chi connectivity index (χ1v) is 12.3. The van der Waals surface area contributed by atoms with E-state index in [0.29, 0.717) is 17.0 Å². The molecule has 3 aromatic rings. The molecule has 0 aromatic heterocycles. The number of rotatable bonds is 4. The van der Waals surface area contributed by atoms with Gasteiger partial charge in [-0.2, -0.15) is 3.51 Å². The van der Waals surface area contributed by atoms with Crippen molar-refractivity contribution in [3.05, 3.63) is 88.9 Å². The zero-order chi connectivity index (χ0) is 24.6. The predicted molar refractivity (Wildman–Crippen MR) is 144 cm³/mol. The lowest BCUT2D eigenvalue weighted by Gasteiger charge is -2.44. The average Bonchev–Trinajstić information content (AvgIpc) is 2.83. The molecule has 7 heteroatoms. The molecule has 1 unspecified atom stereocenters. The van der Waals surface area contributed by atoms with Crippen LogP contribution >= 0.6 is 27.7 Å². The third kappa shape index (κ3) is 4.26. The normalized spacial score (nSPS) is 21.5. The van der Waals surface area contributed by atoms with Gasteiger partial charge >= 0.3 is 5.91 Å². The number of hydrogen-bond donors (Lipinski definition) is 0. The molecule has 1 heterocycles. The van der Waals surface area contributed by atoms with Gasteiger partial charge in [-0.05, 0) is 55.5 Å². The smallest absolute Gasteiger partial charge is 0.361 e.